The number of benzene rings is 1. The van der Waals surface area contributed by atoms with E-state index in [4.69, 9.17) is 5.11 Å². The molecule has 17 heavy (non-hydrogen) atoms. The van der Waals surface area contributed by atoms with Crippen LogP contribution in [0.5, 0.6) is 0 Å². The van der Waals surface area contributed by atoms with Crippen LogP contribution in [-0.2, 0) is 4.79 Å². The number of aliphatic hydroxyl groups excluding tert-OH is 1. The first kappa shape index (κ1) is 13.6. The number of carboxylic acid groups (broad SMARTS) is 1. The number of aryl methyl sites for hydroxylation is 1. The minimum absolute atomic E-state index is 0.182. The Balaban J connectivity index is 3.40. The highest BCUT2D eigenvalue weighted by molar-refractivity contribution is 7.80. The Labute approximate surface area is 106 Å². The maximum atomic E-state index is 11.2. The molecule has 1 aromatic carbocycles. The normalized spacial score (nSPS) is 12.5. The summed E-state index contributed by atoms with van der Waals surface area (Å²) in [6.07, 6.45) is 0. The van der Waals surface area contributed by atoms with Crippen molar-refractivity contribution in [1.29, 1.82) is 0 Å². The number of aliphatic hydroxyl groups is 1. The molecule has 0 bridgehead atoms. The highest BCUT2D eigenvalue weighted by Crippen LogP contribution is 2.28. The largest absolute Gasteiger partial charge is 0.501 e. The summed E-state index contributed by atoms with van der Waals surface area (Å²) in [7, 11) is 0. The van der Waals surface area contributed by atoms with Gasteiger partial charge >= 0.3 is 5.97 Å². The first-order valence-corrected chi connectivity index (χ1v) is 5.81. The van der Waals surface area contributed by atoms with Crippen LogP contribution in [0.3, 0.4) is 0 Å². The van der Waals surface area contributed by atoms with Crippen LogP contribution in [0.1, 0.15) is 42.4 Å². The Bertz CT molecular complexity index is 438. The van der Waals surface area contributed by atoms with E-state index < -0.39 is 16.9 Å². The first-order chi connectivity index (χ1) is 7.84. The number of hydrogen-bond acceptors (Lipinski definition) is 2. The molecule has 0 spiro atoms. The van der Waals surface area contributed by atoms with E-state index in [0.717, 1.165) is 11.1 Å². The molecule has 1 atom stereocenters. The van der Waals surface area contributed by atoms with Crippen molar-refractivity contribution in [2.75, 3.05) is 0 Å². The summed E-state index contributed by atoms with van der Waals surface area (Å²) in [5.41, 5.74) is 2.44. The Hall–Kier alpha value is -1.42. The van der Waals surface area contributed by atoms with E-state index in [1.165, 1.54) is 0 Å². The average molecular weight is 252 g/mol. The third-order valence-electron chi connectivity index (χ3n) is 2.67. The lowest BCUT2D eigenvalue weighted by atomic mass is 9.88. The van der Waals surface area contributed by atoms with Crippen LogP contribution in [0.25, 0.3) is 0 Å². The summed E-state index contributed by atoms with van der Waals surface area (Å²) in [6.45, 7) is 5.84. The molecule has 0 aliphatic carbocycles. The van der Waals surface area contributed by atoms with Gasteiger partial charge in [0.05, 0.1) is 0 Å². The van der Waals surface area contributed by atoms with Crippen LogP contribution in [0.4, 0.5) is 0 Å². The molecule has 2 N–H and O–H groups in total. The lowest BCUT2D eigenvalue weighted by Gasteiger charge is -2.18. The van der Waals surface area contributed by atoms with E-state index in [2.05, 4.69) is 12.2 Å². The Morgan fingerprint density at radius 2 is 1.82 bits per heavy atom. The molecule has 0 saturated heterocycles. The third-order valence-corrected chi connectivity index (χ3v) is 2.90. The quantitative estimate of drug-likeness (QED) is 0.808. The van der Waals surface area contributed by atoms with Gasteiger partial charge in [-0.05, 0) is 36.2 Å². The van der Waals surface area contributed by atoms with E-state index in [0.29, 0.717) is 5.56 Å². The number of carboxylic acids is 1. The van der Waals surface area contributed by atoms with Crippen molar-refractivity contribution in [1.82, 2.24) is 0 Å². The van der Waals surface area contributed by atoms with Crippen LogP contribution in [0.2, 0.25) is 0 Å². The van der Waals surface area contributed by atoms with E-state index in [1.54, 1.807) is 6.07 Å². The number of rotatable bonds is 4. The van der Waals surface area contributed by atoms with Gasteiger partial charge in [0.1, 0.15) is 5.92 Å². The zero-order valence-corrected chi connectivity index (χ0v) is 10.9. The molecule has 0 fully saturated rings. The molecule has 4 heteroatoms. The van der Waals surface area contributed by atoms with Crippen molar-refractivity contribution in [2.24, 2.45) is 0 Å². The summed E-state index contributed by atoms with van der Waals surface area (Å²) in [4.78, 5) is 11.2. The molecule has 0 aliphatic rings. The summed E-state index contributed by atoms with van der Waals surface area (Å²) < 4.78 is 0. The summed E-state index contributed by atoms with van der Waals surface area (Å²) >= 11 is 4.64. The third kappa shape index (κ3) is 3.03. The maximum absolute atomic E-state index is 11.2. The van der Waals surface area contributed by atoms with Crippen molar-refractivity contribution < 1.29 is 15.0 Å². The Morgan fingerprint density at radius 3 is 2.24 bits per heavy atom. The molecule has 0 saturated carbocycles. The van der Waals surface area contributed by atoms with Crippen molar-refractivity contribution in [3.8, 4) is 0 Å². The maximum Gasteiger partial charge on any atom is 0.319 e. The van der Waals surface area contributed by atoms with Crippen LogP contribution in [0, 0.1) is 6.92 Å². The summed E-state index contributed by atoms with van der Waals surface area (Å²) in [5, 5.41) is 18.0. The van der Waals surface area contributed by atoms with Gasteiger partial charge in [-0.2, -0.15) is 0 Å². The fraction of sp³-hybridized carbons (Fsp3) is 0.385. The first-order valence-electron chi connectivity index (χ1n) is 5.40. The molecule has 3 nitrogen and oxygen atoms in total. The molecule has 1 rings (SSSR count). The fourth-order valence-corrected chi connectivity index (χ4v) is 2.07. The van der Waals surface area contributed by atoms with Gasteiger partial charge in [-0.3, -0.25) is 4.79 Å². The molecular weight excluding hydrogens is 236 g/mol. The van der Waals surface area contributed by atoms with E-state index in [1.807, 2.05) is 32.9 Å². The lowest BCUT2D eigenvalue weighted by molar-refractivity contribution is -0.137. The number of carbonyl (C=O) groups is 1. The predicted octanol–water partition coefficient (Wildman–Crippen LogP) is 3.17. The van der Waals surface area contributed by atoms with Gasteiger partial charge in [-0.15, -0.1) is 0 Å². The van der Waals surface area contributed by atoms with Crippen molar-refractivity contribution >= 4 is 23.2 Å². The molecule has 0 heterocycles. The second-order valence-electron chi connectivity index (χ2n) is 4.40. The van der Waals surface area contributed by atoms with Gasteiger partial charge < -0.3 is 10.2 Å². The Kier molecular flexibility index (Phi) is 4.23. The minimum Gasteiger partial charge on any atom is -0.501 e. The van der Waals surface area contributed by atoms with Crippen LogP contribution in [-0.4, -0.2) is 21.2 Å². The van der Waals surface area contributed by atoms with Crippen LogP contribution in [0.15, 0.2) is 18.2 Å². The number of aliphatic carboxylic acids is 1. The molecule has 92 valence electrons. The summed E-state index contributed by atoms with van der Waals surface area (Å²) in [5.74, 6) is -2.06. The standard InChI is InChI=1S/C13H16O3S/c1-7(2)9-5-4-8(3)6-10(9)11(12(14)15)13(16)17/h4-7,11H,1-3H3,(H,14,15)(H,16,17). The van der Waals surface area contributed by atoms with Gasteiger partial charge in [0.2, 0.25) is 0 Å². The smallest absolute Gasteiger partial charge is 0.319 e. The monoisotopic (exact) mass is 252 g/mol. The topological polar surface area (TPSA) is 57.5 Å². The molecule has 0 aromatic heterocycles. The van der Waals surface area contributed by atoms with Crippen LogP contribution < -0.4 is 0 Å². The SMILES string of the molecule is Cc1ccc(C(C)C)c(C(C(=O)O)C(O)=S)c1. The highest BCUT2D eigenvalue weighted by Gasteiger charge is 2.27. The number of thiocarbonyl (C=S) groups is 1. The van der Waals surface area contributed by atoms with Crippen molar-refractivity contribution in [3.05, 3.63) is 34.9 Å². The highest BCUT2D eigenvalue weighted by atomic mass is 32.1. The van der Waals surface area contributed by atoms with Crippen molar-refractivity contribution in [3.63, 3.8) is 0 Å². The lowest BCUT2D eigenvalue weighted by Crippen LogP contribution is -2.21. The molecule has 0 radical (unpaired) electrons. The van der Waals surface area contributed by atoms with Crippen molar-refractivity contribution in [2.45, 2.75) is 32.6 Å². The molecule has 1 aromatic rings. The zero-order chi connectivity index (χ0) is 13.2. The van der Waals surface area contributed by atoms with E-state index in [9.17, 15) is 9.90 Å². The van der Waals surface area contributed by atoms with E-state index in [-0.39, 0.29) is 5.92 Å². The Morgan fingerprint density at radius 1 is 1.24 bits per heavy atom. The van der Waals surface area contributed by atoms with Gasteiger partial charge in [0.25, 0.3) is 0 Å². The van der Waals surface area contributed by atoms with E-state index >= 15 is 0 Å². The fourth-order valence-electron chi connectivity index (χ4n) is 1.84. The van der Waals surface area contributed by atoms with Gasteiger partial charge in [-0.25, -0.2) is 0 Å². The average Bonchev–Trinajstić information content (AvgIpc) is 2.15. The second-order valence-corrected chi connectivity index (χ2v) is 4.81. The molecular formula is C13H16O3S. The molecule has 0 aliphatic heterocycles. The van der Waals surface area contributed by atoms with Crippen LogP contribution >= 0.6 is 12.2 Å². The van der Waals surface area contributed by atoms with Gasteiger partial charge in [0, 0.05) is 0 Å². The molecule has 1 unspecified atom stereocenters. The summed E-state index contributed by atoms with van der Waals surface area (Å²) in [6, 6.07) is 5.60. The van der Waals surface area contributed by atoms with Gasteiger partial charge in [0.15, 0.2) is 5.05 Å². The zero-order valence-electron chi connectivity index (χ0n) is 10.1. The predicted molar refractivity (Wildman–Crippen MR) is 70.9 cm³/mol. The minimum atomic E-state index is -1.12. The van der Waals surface area contributed by atoms with Gasteiger partial charge in [-0.1, -0.05) is 37.6 Å². The molecule has 0 amide bonds. The number of hydrogen-bond donors (Lipinski definition) is 2. The second kappa shape index (κ2) is 5.27.